The molecular formula is C23H27N5O7S. The van der Waals surface area contributed by atoms with Gasteiger partial charge in [0.1, 0.15) is 16.4 Å². The molecule has 1 aliphatic rings. The SMILES string of the molecule is Cc1c(C(=O)NCc2ccco2)nn(C(C)C)c1Oc1ccc([N+](=O)[O-])cc1S(=O)(=O)N1CCCC1. The van der Waals surface area contributed by atoms with E-state index in [2.05, 4.69) is 10.4 Å². The van der Waals surface area contributed by atoms with Crippen LogP contribution in [0.4, 0.5) is 5.69 Å². The summed E-state index contributed by atoms with van der Waals surface area (Å²) in [4.78, 5) is 23.3. The van der Waals surface area contributed by atoms with Gasteiger partial charge in [-0.2, -0.15) is 9.40 Å². The summed E-state index contributed by atoms with van der Waals surface area (Å²) in [6.07, 6.45) is 2.92. The lowest BCUT2D eigenvalue weighted by Crippen LogP contribution is -2.28. The Hall–Kier alpha value is -3.71. The average molecular weight is 518 g/mol. The maximum absolute atomic E-state index is 13.4. The number of carbonyl (C=O) groups is 1. The number of furan rings is 1. The van der Waals surface area contributed by atoms with Crippen molar-refractivity contribution in [3.05, 3.63) is 63.7 Å². The Morgan fingerprint density at radius 2 is 2.00 bits per heavy atom. The van der Waals surface area contributed by atoms with Crippen molar-refractivity contribution in [1.82, 2.24) is 19.4 Å². The van der Waals surface area contributed by atoms with Crippen molar-refractivity contribution in [2.45, 2.75) is 51.1 Å². The van der Waals surface area contributed by atoms with Gasteiger partial charge in [0.05, 0.1) is 23.8 Å². The predicted molar refractivity (Wildman–Crippen MR) is 128 cm³/mol. The third-order valence-electron chi connectivity index (χ3n) is 5.83. The predicted octanol–water partition coefficient (Wildman–Crippen LogP) is 3.78. The molecule has 36 heavy (non-hydrogen) atoms. The third kappa shape index (κ3) is 4.97. The summed E-state index contributed by atoms with van der Waals surface area (Å²) in [7, 11) is -4.05. The Morgan fingerprint density at radius 1 is 1.28 bits per heavy atom. The van der Waals surface area contributed by atoms with Gasteiger partial charge in [-0.05, 0) is 51.8 Å². The number of hydrogen-bond acceptors (Lipinski definition) is 8. The fourth-order valence-electron chi connectivity index (χ4n) is 3.92. The first-order valence-corrected chi connectivity index (χ1v) is 12.9. The molecule has 0 spiro atoms. The Balaban J connectivity index is 1.72. The Kier molecular flexibility index (Phi) is 7.13. The van der Waals surface area contributed by atoms with Crippen molar-refractivity contribution in [2.24, 2.45) is 0 Å². The molecule has 4 rings (SSSR count). The summed E-state index contributed by atoms with van der Waals surface area (Å²) in [6.45, 7) is 6.13. The number of ether oxygens (including phenoxy) is 1. The zero-order valence-corrected chi connectivity index (χ0v) is 20.9. The number of carbonyl (C=O) groups excluding carboxylic acids is 1. The smallest absolute Gasteiger partial charge is 0.272 e. The molecule has 1 amide bonds. The van der Waals surface area contributed by atoms with Crippen molar-refractivity contribution in [2.75, 3.05) is 13.1 Å². The molecule has 12 nitrogen and oxygen atoms in total. The average Bonchev–Trinajstić information content (AvgIpc) is 3.60. The number of nitrogens with one attached hydrogen (secondary N) is 1. The van der Waals surface area contributed by atoms with Gasteiger partial charge in [-0.25, -0.2) is 13.1 Å². The summed E-state index contributed by atoms with van der Waals surface area (Å²) >= 11 is 0. The molecule has 0 atom stereocenters. The lowest BCUT2D eigenvalue weighted by atomic mass is 10.2. The molecule has 0 bridgehead atoms. The first-order chi connectivity index (χ1) is 17.1. The van der Waals surface area contributed by atoms with Crippen LogP contribution >= 0.6 is 0 Å². The topological polar surface area (TPSA) is 150 Å². The lowest BCUT2D eigenvalue weighted by molar-refractivity contribution is -0.385. The van der Waals surface area contributed by atoms with E-state index in [1.807, 2.05) is 13.8 Å². The normalized spacial score (nSPS) is 14.3. The highest BCUT2D eigenvalue weighted by Crippen LogP contribution is 2.37. The number of amides is 1. The maximum atomic E-state index is 13.4. The van der Waals surface area contributed by atoms with Gasteiger partial charge < -0.3 is 14.5 Å². The molecule has 1 saturated heterocycles. The van der Waals surface area contributed by atoms with E-state index in [1.54, 1.807) is 19.1 Å². The van der Waals surface area contributed by atoms with Crippen LogP contribution in [0, 0.1) is 17.0 Å². The van der Waals surface area contributed by atoms with Crippen LogP contribution in [0.25, 0.3) is 0 Å². The molecule has 1 fully saturated rings. The number of benzene rings is 1. The van der Waals surface area contributed by atoms with Gasteiger partial charge in [-0.1, -0.05) is 0 Å². The number of nitro benzene ring substituents is 1. The molecule has 1 aromatic carbocycles. The van der Waals surface area contributed by atoms with Crippen LogP contribution < -0.4 is 10.1 Å². The third-order valence-corrected chi connectivity index (χ3v) is 7.75. The van der Waals surface area contributed by atoms with Crippen molar-refractivity contribution in [1.29, 1.82) is 0 Å². The minimum Gasteiger partial charge on any atom is -0.467 e. The van der Waals surface area contributed by atoms with Crippen LogP contribution in [-0.2, 0) is 16.6 Å². The molecule has 1 aliphatic heterocycles. The Bertz CT molecular complexity index is 1370. The van der Waals surface area contributed by atoms with Crippen LogP contribution in [0.3, 0.4) is 0 Å². The number of aromatic nitrogens is 2. The fourth-order valence-corrected chi connectivity index (χ4v) is 5.57. The monoisotopic (exact) mass is 517 g/mol. The molecule has 0 saturated carbocycles. The fraction of sp³-hybridized carbons (Fsp3) is 0.391. The molecule has 3 heterocycles. The van der Waals surface area contributed by atoms with E-state index in [9.17, 15) is 23.3 Å². The maximum Gasteiger partial charge on any atom is 0.272 e. The van der Waals surface area contributed by atoms with E-state index >= 15 is 0 Å². The molecule has 0 aliphatic carbocycles. The molecule has 3 aromatic rings. The van der Waals surface area contributed by atoms with Gasteiger partial charge in [-0.3, -0.25) is 14.9 Å². The number of nitrogens with zero attached hydrogens (tertiary/aromatic N) is 4. The van der Waals surface area contributed by atoms with Gasteiger partial charge >= 0.3 is 0 Å². The van der Waals surface area contributed by atoms with E-state index in [0.29, 0.717) is 37.3 Å². The Labute approximate surface area is 208 Å². The van der Waals surface area contributed by atoms with E-state index in [4.69, 9.17) is 9.15 Å². The summed E-state index contributed by atoms with van der Waals surface area (Å²) in [5.41, 5.74) is 0.131. The van der Waals surface area contributed by atoms with Gasteiger partial charge in [0.2, 0.25) is 15.9 Å². The number of hydrogen-bond donors (Lipinski definition) is 1. The first kappa shape index (κ1) is 25.4. The van der Waals surface area contributed by atoms with Crippen molar-refractivity contribution in [3.8, 4) is 11.6 Å². The van der Waals surface area contributed by atoms with Crippen molar-refractivity contribution < 1.29 is 27.3 Å². The number of rotatable bonds is 9. The highest BCUT2D eigenvalue weighted by atomic mass is 32.2. The summed E-state index contributed by atoms with van der Waals surface area (Å²) in [6, 6.07) is 6.65. The van der Waals surface area contributed by atoms with Gasteiger partial charge in [0, 0.05) is 30.8 Å². The lowest BCUT2D eigenvalue weighted by Gasteiger charge is -2.19. The Morgan fingerprint density at radius 3 is 2.61 bits per heavy atom. The van der Waals surface area contributed by atoms with E-state index < -0.39 is 20.9 Å². The molecule has 192 valence electrons. The van der Waals surface area contributed by atoms with Gasteiger partial charge in [0.15, 0.2) is 5.69 Å². The molecule has 0 radical (unpaired) electrons. The second kappa shape index (κ2) is 10.1. The highest BCUT2D eigenvalue weighted by molar-refractivity contribution is 7.89. The molecule has 0 unspecified atom stereocenters. The standard InChI is InChI=1S/C23H27N5O7S/c1-15(2)27-23(16(3)21(25-27)22(29)24-14-18-7-6-12-34-18)35-19-9-8-17(28(30)31)13-20(19)36(32,33)26-10-4-5-11-26/h6-9,12-13,15H,4-5,10-11,14H2,1-3H3,(H,24,29). The van der Waals surface area contributed by atoms with Crippen LogP contribution in [0.15, 0.2) is 45.9 Å². The van der Waals surface area contributed by atoms with Crippen LogP contribution in [0.1, 0.15) is 54.5 Å². The van der Waals surface area contributed by atoms with Gasteiger partial charge in [-0.15, -0.1) is 0 Å². The van der Waals surface area contributed by atoms with Gasteiger partial charge in [0.25, 0.3) is 11.6 Å². The summed E-state index contributed by atoms with van der Waals surface area (Å²) < 4.78 is 40.8. The minimum atomic E-state index is -4.05. The molecule has 13 heteroatoms. The minimum absolute atomic E-state index is 0.0834. The second-order valence-corrected chi connectivity index (χ2v) is 10.6. The molecule has 1 N–H and O–H groups in total. The molecule has 2 aromatic heterocycles. The van der Waals surface area contributed by atoms with Crippen LogP contribution in [-0.4, -0.2) is 46.4 Å². The number of sulfonamides is 1. The quantitative estimate of drug-likeness (QED) is 0.333. The van der Waals surface area contributed by atoms with Crippen molar-refractivity contribution >= 4 is 21.6 Å². The van der Waals surface area contributed by atoms with Crippen LogP contribution in [0.5, 0.6) is 11.6 Å². The second-order valence-electron chi connectivity index (χ2n) is 8.68. The van der Waals surface area contributed by atoms with Crippen LogP contribution in [0.2, 0.25) is 0 Å². The largest absolute Gasteiger partial charge is 0.467 e. The van der Waals surface area contributed by atoms with E-state index in [-0.39, 0.29) is 40.5 Å². The zero-order chi connectivity index (χ0) is 26.0. The zero-order valence-electron chi connectivity index (χ0n) is 20.1. The number of nitro groups is 1. The first-order valence-electron chi connectivity index (χ1n) is 11.5. The molecular weight excluding hydrogens is 490 g/mol. The summed E-state index contributed by atoms with van der Waals surface area (Å²) in [5, 5.41) is 18.5. The van der Waals surface area contributed by atoms with E-state index in [1.165, 1.54) is 27.4 Å². The highest BCUT2D eigenvalue weighted by Gasteiger charge is 2.33. The summed E-state index contributed by atoms with van der Waals surface area (Å²) in [5.74, 6) is 0.199. The number of non-ortho nitro benzene ring substituents is 1. The van der Waals surface area contributed by atoms with E-state index in [0.717, 1.165) is 6.07 Å². The van der Waals surface area contributed by atoms with Crippen molar-refractivity contribution in [3.63, 3.8) is 0 Å².